The molecule has 1 aliphatic heterocycles. The third-order valence-electron chi connectivity index (χ3n) is 3.96. The Morgan fingerprint density at radius 3 is 2.21 bits per heavy atom. The van der Waals surface area contributed by atoms with Crippen LogP contribution in [-0.2, 0) is 9.53 Å². The SMILES string of the molecule is CC(C)(C)OC(=O)N1CCN(C[C@@H](C(=O)O)c2ccccc2)CC1. The van der Waals surface area contributed by atoms with Crippen LogP contribution in [0.4, 0.5) is 4.79 Å². The number of carbonyl (C=O) groups excluding carboxylic acids is 1. The van der Waals surface area contributed by atoms with Gasteiger partial charge in [0.15, 0.2) is 0 Å². The van der Waals surface area contributed by atoms with Gasteiger partial charge >= 0.3 is 12.1 Å². The summed E-state index contributed by atoms with van der Waals surface area (Å²) >= 11 is 0. The van der Waals surface area contributed by atoms with Crippen molar-refractivity contribution in [3.8, 4) is 0 Å². The second-order valence-corrected chi connectivity index (χ2v) is 7.07. The standard InChI is InChI=1S/C18H26N2O4/c1-18(2,3)24-17(23)20-11-9-19(10-12-20)13-15(16(21)22)14-7-5-4-6-8-14/h4-8,15H,9-13H2,1-3H3,(H,21,22)/t15-/m1/s1. The van der Waals surface area contributed by atoms with Gasteiger partial charge in [-0.3, -0.25) is 9.69 Å². The van der Waals surface area contributed by atoms with Crippen LogP contribution in [-0.4, -0.2) is 65.3 Å². The summed E-state index contributed by atoms with van der Waals surface area (Å²) in [5.41, 5.74) is 0.301. The number of nitrogens with zero attached hydrogens (tertiary/aromatic N) is 2. The van der Waals surface area contributed by atoms with Crippen LogP contribution < -0.4 is 0 Å². The van der Waals surface area contributed by atoms with Gasteiger partial charge in [-0.25, -0.2) is 4.79 Å². The van der Waals surface area contributed by atoms with Gasteiger partial charge in [0, 0.05) is 32.7 Å². The minimum absolute atomic E-state index is 0.306. The van der Waals surface area contributed by atoms with Gasteiger partial charge in [-0.05, 0) is 26.3 Å². The van der Waals surface area contributed by atoms with E-state index in [0.29, 0.717) is 32.7 Å². The summed E-state index contributed by atoms with van der Waals surface area (Å²) in [6, 6.07) is 9.27. The molecule has 1 heterocycles. The zero-order valence-corrected chi connectivity index (χ0v) is 14.6. The summed E-state index contributed by atoms with van der Waals surface area (Å²) in [7, 11) is 0. The van der Waals surface area contributed by atoms with Crippen molar-refractivity contribution in [2.75, 3.05) is 32.7 Å². The molecular formula is C18H26N2O4. The van der Waals surface area contributed by atoms with Gasteiger partial charge < -0.3 is 14.7 Å². The van der Waals surface area contributed by atoms with E-state index in [1.165, 1.54) is 0 Å². The van der Waals surface area contributed by atoms with Gasteiger partial charge in [-0.2, -0.15) is 0 Å². The lowest BCUT2D eigenvalue weighted by atomic mass is 9.98. The molecule has 1 saturated heterocycles. The fourth-order valence-electron chi connectivity index (χ4n) is 2.71. The average Bonchev–Trinajstić information content (AvgIpc) is 2.52. The molecule has 0 aromatic heterocycles. The van der Waals surface area contributed by atoms with Crippen molar-refractivity contribution in [3.05, 3.63) is 35.9 Å². The summed E-state index contributed by atoms with van der Waals surface area (Å²) in [6.45, 7) is 8.38. The summed E-state index contributed by atoms with van der Waals surface area (Å²) in [4.78, 5) is 27.4. The molecule has 0 spiro atoms. The van der Waals surface area contributed by atoms with E-state index in [9.17, 15) is 14.7 Å². The highest BCUT2D eigenvalue weighted by molar-refractivity contribution is 5.76. The molecule has 132 valence electrons. The van der Waals surface area contributed by atoms with Gasteiger partial charge in [0.25, 0.3) is 0 Å². The zero-order valence-electron chi connectivity index (χ0n) is 14.6. The van der Waals surface area contributed by atoms with Crippen molar-refractivity contribution in [3.63, 3.8) is 0 Å². The van der Waals surface area contributed by atoms with Crippen molar-refractivity contribution >= 4 is 12.1 Å². The van der Waals surface area contributed by atoms with E-state index in [4.69, 9.17) is 4.74 Å². The number of rotatable bonds is 4. The van der Waals surface area contributed by atoms with Crippen LogP contribution in [0.5, 0.6) is 0 Å². The molecule has 1 aromatic carbocycles. The zero-order chi connectivity index (χ0) is 17.7. The molecule has 1 fully saturated rings. The normalized spacial score (nSPS) is 17.4. The quantitative estimate of drug-likeness (QED) is 0.915. The largest absolute Gasteiger partial charge is 0.481 e. The highest BCUT2D eigenvalue weighted by Gasteiger charge is 2.28. The number of carboxylic acids is 1. The molecule has 24 heavy (non-hydrogen) atoms. The molecule has 0 unspecified atom stereocenters. The fraction of sp³-hybridized carbons (Fsp3) is 0.556. The number of hydrogen-bond acceptors (Lipinski definition) is 4. The van der Waals surface area contributed by atoms with Crippen LogP contribution in [0.3, 0.4) is 0 Å². The number of benzene rings is 1. The van der Waals surface area contributed by atoms with Crippen LogP contribution in [0, 0.1) is 0 Å². The van der Waals surface area contributed by atoms with Gasteiger partial charge in [0.05, 0.1) is 5.92 Å². The van der Waals surface area contributed by atoms with Crippen LogP contribution in [0.25, 0.3) is 0 Å². The van der Waals surface area contributed by atoms with E-state index >= 15 is 0 Å². The Bertz CT molecular complexity index is 560. The Morgan fingerprint density at radius 2 is 1.71 bits per heavy atom. The lowest BCUT2D eigenvalue weighted by Crippen LogP contribution is -2.51. The summed E-state index contributed by atoms with van der Waals surface area (Å²) in [5, 5.41) is 9.51. The molecule has 6 heteroatoms. The van der Waals surface area contributed by atoms with Crippen molar-refractivity contribution in [1.82, 2.24) is 9.80 Å². The highest BCUT2D eigenvalue weighted by atomic mass is 16.6. The maximum absolute atomic E-state index is 12.1. The Hall–Kier alpha value is -2.08. The predicted octanol–water partition coefficient (Wildman–Crippen LogP) is 2.41. The molecule has 1 aromatic rings. The number of hydrogen-bond donors (Lipinski definition) is 1. The van der Waals surface area contributed by atoms with Gasteiger partial charge in [-0.15, -0.1) is 0 Å². The molecule has 1 N–H and O–H groups in total. The lowest BCUT2D eigenvalue weighted by Gasteiger charge is -2.36. The molecule has 0 bridgehead atoms. The van der Waals surface area contributed by atoms with Gasteiger partial charge in [0.2, 0.25) is 0 Å². The van der Waals surface area contributed by atoms with Crippen LogP contribution >= 0.6 is 0 Å². The number of carbonyl (C=O) groups is 2. The first-order chi connectivity index (χ1) is 11.3. The smallest absolute Gasteiger partial charge is 0.410 e. The van der Waals surface area contributed by atoms with Crippen LogP contribution in [0.1, 0.15) is 32.3 Å². The Morgan fingerprint density at radius 1 is 1.12 bits per heavy atom. The van der Waals surface area contributed by atoms with Crippen molar-refractivity contribution in [2.45, 2.75) is 32.3 Å². The molecule has 2 rings (SSSR count). The number of carboxylic acid groups (broad SMARTS) is 1. The number of piperazine rings is 1. The first kappa shape index (κ1) is 18.3. The molecule has 0 saturated carbocycles. The minimum Gasteiger partial charge on any atom is -0.481 e. The van der Waals surface area contributed by atoms with Crippen molar-refractivity contribution in [1.29, 1.82) is 0 Å². The average molecular weight is 334 g/mol. The van der Waals surface area contributed by atoms with E-state index in [1.54, 1.807) is 4.90 Å². The fourth-order valence-corrected chi connectivity index (χ4v) is 2.71. The minimum atomic E-state index is -0.823. The number of ether oxygens (including phenoxy) is 1. The molecular weight excluding hydrogens is 308 g/mol. The summed E-state index contributed by atoms with van der Waals surface area (Å²) in [6.07, 6.45) is -0.306. The topological polar surface area (TPSA) is 70.1 Å². The van der Waals surface area contributed by atoms with Crippen LogP contribution in [0.15, 0.2) is 30.3 Å². The maximum atomic E-state index is 12.1. The Labute approximate surface area is 143 Å². The van der Waals surface area contributed by atoms with Crippen molar-refractivity contribution < 1.29 is 19.4 Å². The van der Waals surface area contributed by atoms with Gasteiger partial charge in [0.1, 0.15) is 5.60 Å². The van der Waals surface area contributed by atoms with E-state index in [1.807, 2.05) is 51.1 Å². The highest BCUT2D eigenvalue weighted by Crippen LogP contribution is 2.19. The summed E-state index contributed by atoms with van der Waals surface area (Å²) in [5.74, 6) is -1.38. The van der Waals surface area contributed by atoms with E-state index in [0.717, 1.165) is 5.56 Å². The van der Waals surface area contributed by atoms with E-state index in [2.05, 4.69) is 4.90 Å². The lowest BCUT2D eigenvalue weighted by molar-refractivity contribution is -0.139. The Kier molecular flexibility index (Phi) is 5.83. The third-order valence-corrected chi connectivity index (χ3v) is 3.96. The number of amides is 1. The molecule has 1 amide bonds. The third kappa shape index (κ3) is 5.23. The Balaban J connectivity index is 1.90. The molecule has 1 atom stereocenters. The monoisotopic (exact) mass is 334 g/mol. The first-order valence-electron chi connectivity index (χ1n) is 8.24. The molecule has 0 aliphatic carbocycles. The number of aliphatic carboxylic acids is 1. The molecule has 6 nitrogen and oxygen atoms in total. The second-order valence-electron chi connectivity index (χ2n) is 7.07. The van der Waals surface area contributed by atoms with Gasteiger partial charge in [-0.1, -0.05) is 30.3 Å². The van der Waals surface area contributed by atoms with E-state index in [-0.39, 0.29) is 6.09 Å². The maximum Gasteiger partial charge on any atom is 0.410 e. The van der Waals surface area contributed by atoms with Crippen LogP contribution in [0.2, 0.25) is 0 Å². The van der Waals surface area contributed by atoms with Crippen molar-refractivity contribution in [2.24, 2.45) is 0 Å². The predicted molar refractivity (Wildman–Crippen MR) is 91.1 cm³/mol. The summed E-state index contributed by atoms with van der Waals surface area (Å²) < 4.78 is 5.38. The molecule has 1 aliphatic rings. The first-order valence-corrected chi connectivity index (χ1v) is 8.24. The second kappa shape index (κ2) is 7.66. The molecule has 0 radical (unpaired) electrons. The van der Waals surface area contributed by atoms with E-state index < -0.39 is 17.5 Å².